The minimum Gasteiger partial charge on any atom is -0.434 e. The standard InChI is InChI=1S/C32H62O10Si5/c1-43(2,24-16-21-33-25-29-26-38-29)39-47(30-17-10-9-11-18-30,41-45(5,6)32-28-35-20-13-15-23-37-32)42-46(7,8)40-44(3,4)31-27-34-19-12-14-22-36-31/h9-11,17-18,29,31-32H,12-16,19-28H2,1-8H3. The third-order valence-corrected chi connectivity index (χ3v) is 28.6. The van der Waals surface area contributed by atoms with Crippen LogP contribution in [0.25, 0.3) is 0 Å². The first kappa shape index (κ1) is 39.7. The van der Waals surface area contributed by atoms with Crippen LogP contribution in [0.5, 0.6) is 0 Å². The Balaban J connectivity index is 1.64. The molecule has 0 bridgehead atoms. The minimum atomic E-state index is -3.62. The first-order valence-corrected chi connectivity index (χ1v) is 31.3. The molecule has 3 saturated heterocycles. The highest BCUT2D eigenvalue weighted by Crippen LogP contribution is 2.32. The van der Waals surface area contributed by atoms with Crippen molar-refractivity contribution in [3.63, 3.8) is 0 Å². The third-order valence-electron chi connectivity index (χ3n) is 8.69. The van der Waals surface area contributed by atoms with E-state index in [1.165, 1.54) is 0 Å². The zero-order valence-corrected chi connectivity index (χ0v) is 35.3. The first-order chi connectivity index (χ1) is 22.2. The fraction of sp³-hybridized carbons (Fsp3) is 0.812. The van der Waals surface area contributed by atoms with Crippen LogP contribution in [0.4, 0.5) is 0 Å². The maximum Gasteiger partial charge on any atom is 0.507 e. The van der Waals surface area contributed by atoms with Gasteiger partial charge in [0.25, 0.3) is 0 Å². The van der Waals surface area contributed by atoms with Crippen LogP contribution >= 0.6 is 0 Å². The average Bonchev–Trinajstić information content (AvgIpc) is 3.75. The molecule has 1 aromatic carbocycles. The van der Waals surface area contributed by atoms with Gasteiger partial charge in [0.05, 0.1) is 37.9 Å². The lowest BCUT2D eigenvalue weighted by molar-refractivity contribution is -0.0111. The molecule has 0 aromatic heterocycles. The molecule has 47 heavy (non-hydrogen) atoms. The molecule has 0 aliphatic carbocycles. The molecule has 270 valence electrons. The van der Waals surface area contributed by atoms with Gasteiger partial charge in [-0.25, -0.2) is 0 Å². The number of ether oxygens (including phenoxy) is 6. The van der Waals surface area contributed by atoms with Crippen LogP contribution in [-0.4, -0.2) is 119 Å². The Labute approximate surface area is 289 Å². The maximum atomic E-state index is 7.51. The van der Waals surface area contributed by atoms with Gasteiger partial charge in [0.15, 0.2) is 8.32 Å². The van der Waals surface area contributed by atoms with Crippen molar-refractivity contribution in [2.75, 3.05) is 59.5 Å². The molecule has 15 heteroatoms. The molecule has 1 aromatic rings. The van der Waals surface area contributed by atoms with Gasteiger partial charge in [-0.05, 0) is 90.5 Å². The van der Waals surface area contributed by atoms with E-state index in [-0.39, 0.29) is 17.6 Å². The molecule has 10 nitrogen and oxygen atoms in total. The summed E-state index contributed by atoms with van der Waals surface area (Å²) in [5.41, 5.74) is -0.226. The molecule has 3 heterocycles. The van der Waals surface area contributed by atoms with E-state index in [9.17, 15) is 0 Å². The highest BCUT2D eigenvalue weighted by molar-refractivity contribution is 6.96. The van der Waals surface area contributed by atoms with Gasteiger partial charge in [-0.3, -0.25) is 0 Å². The Morgan fingerprint density at radius 1 is 0.638 bits per heavy atom. The van der Waals surface area contributed by atoms with Gasteiger partial charge < -0.3 is 44.9 Å². The fourth-order valence-electron chi connectivity index (χ4n) is 6.07. The lowest BCUT2D eigenvalue weighted by atomic mass is 10.3. The van der Waals surface area contributed by atoms with Crippen molar-refractivity contribution in [2.24, 2.45) is 0 Å². The number of hydrogen-bond donors (Lipinski definition) is 0. The Morgan fingerprint density at radius 3 is 1.77 bits per heavy atom. The molecule has 4 unspecified atom stereocenters. The zero-order chi connectivity index (χ0) is 34.0. The van der Waals surface area contributed by atoms with Crippen LogP contribution in [0.1, 0.15) is 32.1 Å². The Bertz CT molecular complexity index is 1050. The van der Waals surface area contributed by atoms with Crippen molar-refractivity contribution in [2.45, 2.75) is 108 Å². The van der Waals surface area contributed by atoms with Gasteiger partial charge in [0, 0.05) is 38.2 Å². The Hall–Kier alpha value is -0.0956. The summed E-state index contributed by atoms with van der Waals surface area (Å²) >= 11 is 0. The van der Waals surface area contributed by atoms with Gasteiger partial charge in [0.2, 0.25) is 16.6 Å². The van der Waals surface area contributed by atoms with Gasteiger partial charge >= 0.3 is 17.4 Å². The quantitative estimate of drug-likeness (QED) is 0.116. The zero-order valence-electron chi connectivity index (χ0n) is 30.3. The highest BCUT2D eigenvalue weighted by atomic mass is 28.5. The summed E-state index contributed by atoms with van der Waals surface area (Å²) in [5, 5.41) is 0.962. The lowest BCUT2D eigenvalue weighted by Gasteiger charge is -2.47. The van der Waals surface area contributed by atoms with Crippen molar-refractivity contribution < 1.29 is 44.9 Å². The second kappa shape index (κ2) is 17.9. The molecule has 0 spiro atoms. The summed E-state index contributed by atoms with van der Waals surface area (Å²) < 4.78 is 65.6. The molecule has 0 saturated carbocycles. The van der Waals surface area contributed by atoms with E-state index >= 15 is 0 Å². The average molecular weight is 747 g/mol. The van der Waals surface area contributed by atoms with E-state index in [1.807, 2.05) is 18.2 Å². The predicted octanol–water partition coefficient (Wildman–Crippen LogP) is 5.49. The lowest BCUT2D eigenvalue weighted by Crippen LogP contribution is -2.71. The van der Waals surface area contributed by atoms with Crippen molar-refractivity contribution in [1.29, 1.82) is 0 Å². The van der Waals surface area contributed by atoms with Crippen LogP contribution in [0, 0.1) is 0 Å². The molecule has 3 aliphatic rings. The normalized spacial score (nSPS) is 25.2. The molecule has 4 rings (SSSR count). The van der Waals surface area contributed by atoms with Crippen molar-refractivity contribution in [3.8, 4) is 0 Å². The SMILES string of the molecule is C[Si](C)(CCCOCC1CO1)O[Si](O[Si](C)(C)O[Si](C)(C)C1COCCCCO1)(O[Si](C)(C)C1COCCCCO1)c1ccccc1. The van der Waals surface area contributed by atoms with Crippen LogP contribution < -0.4 is 5.19 Å². The second-order valence-electron chi connectivity index (χ2n) is 15.1. The van der Waals surface area contributed by atoms with Crippen LogP contribution in [-0.2, 0) is 44.9 Å². The van der Waals surface area contributed by atoms with Crippen LogP contribution in [0.3, 0.4) is 0 Å². The topological polar surface area (TPSA) is 95.6 Å². The molecule has 3 fully saturated rings. The molecule has 0 amide bonds. The van der Waals surface area contributed by atoms with Gasteiger partial charge in [-0.1, -0.05) is 30.3 Å². The van der Waals surface area contributed by atoms with Crippen molar-refractivity contribution >= 4 is 47.5 Å². The van der Waals surface area contributed by atoms with E-state index in [0.29, 0.717) is 33.0 Å². The fourth-order valence-corrected chi connectivity index (χ4v) is 28.1. The summed E-state index contributed by atoms with van der Waals surface area (Å²) in [6.07, 6.45) is 5.17. The summed E-state index contributed by atoms with van der Waals surface area (Å²) in [5.74, 6) is 0. The number of epoxide rings is 1. The van der Waals surface area contributed by atoms with Crippen LogP contribution in [0.15, 0.2) is 30.3 Å². The summed E-state index contributed by atoms with van der Waals surface area (Å²) in [7, 11) is -14.0. The van der Waals surface area contributed by atoms with Crippen LogP contribution in [0.2, 0.25) is 58.4 Å². The number of rotatable bonds is 17. The van der Waals surface area contributed by atoms with E-state index in [4.69, 9.17) is 44.9 Å². The summed E-state index contributed by atoms with van der Waals surface area (Å²) in [6.45, 7) is 23.8. The summed E-state index contributed by atoms with van der Waals surface area (Å²) in [4.78, 5) is 0. The highest BCUT2D eigenvalue weighted by Gasteiger charge is 2.57. The smallest absolute Gasteiger partial charge is 0.434 e. The van der Waals surface area contributed by atoms with E-state index < -0.39 is 42.3 Å². The van der Waals surface area contributed by atoms with E-state index in [1.54, 1.807) is 0 Å². The van der Waals surface area contributed by atoms with Gasteiger partial charge in [-0.15, -0.1) is 0 Å². The molecular formula is C32H62O10Si5. The van der Waals surface area contributed by atoms with Crippen molar-refractivity contribution in [3.05, 3.63) is 30.3 Å². The molecule has 3 aliphatic heterocycles. The Morgan fingerprint density at radius 2 is 1.19 bits per heavy atom. The van der Waals surface area contributed by atoms with E-state index in [0.717, 1.165) is 69.8 Å². The molecule has 4 atom stereocenters. The van der Waals surface area contributed by atoms with E-state index in [2.05, 4.69) is 64.5 Å². The molecular weight excluding hydrogens is 685 g/mol. The van der Waals surface area contributed by atoms with Gasteiger partial charge in [-0.2, -0.15) is 0 Å². The second-order valence-corrected chi connectivity index (χ2v) is 34.6. The third kappa shape index (κ3) is 13.2. The maximum absolute atomic E-state index is 7.51. The molecule has 0 N–H and O–H groups in total. The first-order valence-electron chi connectivity index (χ1n) is 17.7. The predicted molar refractivity (Wildman–Crippen MR) is 196 cm³/mol. The summed E-state index contributed by atoms with van der Waals surface area (Å²) in [6, 6.07) is 11.2. The largest absolute Gasteiger partial charge is 0.507 e. The van der Waals surface area contributed by atoms with Crippen molar-refractivity contribution in [1.82, 2.24) is 0 Å². The number of hydrogen-bond acceptors (Lipinski definition) is 10. The van der Waals surface area contributed by atoms with Gasteiger partial charge in [0.1, 0.15) is 6.10 Å². The monoisotopic (exact) mass is 746 g/mol. The molecule has 0 radical (unpaired) electrons. The Kier molecular flexibility index (Phi) is 15.1. The minimum absolute atomic E-state index is 0.0778. The number of benzene rings is 1.